The number of hydrogen-bond donors (Lipinski definition) is 3. The molecular weight excluding hydrogens is 508 g/mol. The first kappa shape index (κ1) is 28.4. The van der Waals surface area contributed by atoms with E-state index < -0.39 is 0 Å². The first-order chi connectivity index (χ1) is 19.2. The first-order valence-electron chi connectivity index (χ1n) is 13.2. The number of carbonyl (C=O) groups is 1. The summed E-state index contributed by atoms with van der Waals surface area (Å²) in [6.07, 6.45) is 2.76. The van der Waals surface area contributed by atoms with Crippen LogP contribution in [0.1, 0.15) is 35.6 Å². The van der Waals surface area contributed by atoms with Crippen LogP contribution in [-0.4, -0.2) is 35.0 Å². The van der Waals surface area contributed by atoms with E-state index in [4.69, 9.17) is 25.6 Å². The van der Waals surface area contributed by atoms with Gasteiger partial charge in [-0.3, -0.25) is 13.9 Å². The Morgan fingerprint density at radius 2 is 1.88 bits per heavy atom. The van der Waals surface area contributed by atoms with E-state index in [9.17, 15) is 9.59 Å². The van der Waals surface area contributed by atoms with Crippen LogP contribution < -0.4 is 31.7 Å². The Bertz CT molecular complexity index is 1610. The molecule has 10 heteroatoms. The smallest absolute Gasteiger partial charge is 0.330 e. The van der Waals surface area contributed by atoms with Crippen molar-refractivity contribution in [3.05, 3.63) is 80.5 Å². The molecular formula is C30H36N6O4. The highest BCUT2D eigenvalue weighted by molar-refractivity contribution is 5.86. The topological polar surface area (TPSA) is 137 Å². The van der Waals surface area contributed by atoms with E-state index in [1.165, 1.54) is 4.57 Å². The highest BCUT2D eigenvalue weighted by atomic mass is 16.5. The van der Waals surface area contributed by atoms with E-state index in [0.717, 1.165) is 51.6 Å². The molecule has 0 bridgehead atoms. The van der Waals surface area contributed by atoms with Crippen LogP contribution in [0.3, 0.4) is 0 Å². The Balaban J connectivity index is 1.91. The molecule has 3 aromatic rings. The maximum atomic E-state index is 13.9. The molecule has 0 saturated carbocycles. The largest absolute Gasteiger partial charge is 0.493 e. The van der Waals surface area contributed by atoms with Crippen molar-refractivity contribution in [2.24, 2.45) is 10.7 Å². The molecule has 0 atom stereocenters. The number of benzene rings is 2. The fourth-order valence-corrected chi connectivity index (χ4v) is 5.10. The number of methoxy groups -OCH3 is 1. The van der Waals surface area contributed by atoms with Gasteiger partial charge in [-0.25, -0.2) is 9.79 Å². The summed E-state index contributed by atoms with van der Waals surface area (Å²) in [6, 6.07) is 9.91. The number of hydrogen-bond acceptors (Lipinski definition) is 7. The SMILES string of the molecule is CCOc1cc2c(cc1OC)-c1c/c(=N\c3c(C)cc(C)cc3C)n(CCC(=O)N/C(C=N)=C/N)c(=O)n1CC2. The number of amides is 1. The van der Waals surface area contributed by atoms with Crippen molar-refractivity contribution in [2.45, 2.75) is 53.6 Å². The van der Waals surface area contributed by atoms with Crippen LogP contribution in [0.15, 0.2) is 52.0 Å². The summed E-state index contributed by atoms with van der Waals surface area (Å²) in [5.74, 6) is 0.902. The summed E-state index contributed by atoms with van der Waals surface area (Å²) in [5, 5.41) is 9.93. The Labute approximate surface area is 233 Å². The standard InChI is InChI=1S/C30H36N6O4/c1-6-40-26-13-21-7-9-35-24(23(21)14-25(26)39-5)15-27(34-29-19(3)11-18(2)12-20(29)4)36(30(35)38)10-8-28(37)33-22(16-31)17-32/h11-17,31H,6-10,32H2,1-5H3,(H,33,37)/b22-17+,31-16?,34-27+. The number of ether oxygens (including phenoxy) is 2. The summed E-state index contributed by atoms with van der Waals surface area (Å²) in [7, 11) is 1.59. The molecule has 210 valence electrons. The molecule has 0 unspecified atom stereocenters. The lowest BCUT2D eigenvalue weighted by molar-refractivity contribution is -0.120. The molecule has 2 heterocycles. The second-order valence-corrected chi connectivity index (χ2v) is 9.74. The van der Waals surface area contributed by atoms with E-state index in [1.807, 2.05) is 45.9 Å². The van der Waals surface area contributed by atoms with Gasteiger partial charge in [0.15, 0.2) is 11.5 Å². The minimum Gasteiger partial charge on any atom is -0.493 e. The van der Waals surface area contributed by atoms with E-state index in [0.29, 0.717) is 36.6 Å². The third-order valence-corrected chi connectivity index (χ3v) is 6.91. The number of aromatic nitrogens is 2. The van der Waals surface area contributed by atoms with E-state index in [1.54, 1.807) is 11.7 Å². The predicted molar refractivity (Wildman–Crippen MR) is 155 cm³/mol. The van der Waals surface area contributed by atoms with Gasteiger partial charge in [-0.2, -0.15) is 0 Å². The number of nitrogens with one attached hydrogen (secondary N) is 2. The molecule has 0 spiro atoms. The Hall–Kier alpha value is -4.60. The van der Waals surface area contributed by atoms with Crippen LogP contribution in [-0.2, 0) is 24.3 Å². The molecule has 1 aliphatic rings. The van der Waals surface area contributed by atoms with Gasteiger partial charge in [-0.15, -0.1) is 0 Å². The number of nitrogens with zero attached hydrogens (tertiary/aromatic N) is 3. The molecule has 0 saturated heterocycles. The third kappa shape index (κ3) is 5.70. The van der Waals surface area contributed by atoms with Crippen molar-refractivity contribution in [3.8, 4) is 22.8 Å². The molecule has 1 aliphatic heterocycles. The third-order valence-electron chi connectivity index (χ3n) is 6.91. The second-order valence-electron chi connectivity index (χ2n) is 9.74. The zero-order chi connectivity index (χ0) is 29.0. The monoisotopic (exact) mass is 544 g/mol. The van der Waals surface area contributed by atoms with Crippen molar-refractivity contribution in [1.29, 1.82) is 5.41 Å². The molecule has 0 aliphatic carbocycles. The van der Waals surface area contributed by atoms with Crippen molar-refractivity contribution in [2.75, 3.05) is 13.7 Å². The van der Waals surface area contributed by atoms with Crippen molar-refractivity contribution < 1.29 is 14.3 Å². The number of allylic oxidation sites excluding steroid dienone is 1. The zero-order valence-electron chi connectivity index (χ0n) is 23.6. The summed E-state index contributed by atoms with van der Waals surface area (Å²) in [4.78, 5) is 31.5. The average Bonchev–Trinajstić information content (AvgIpc) is 2.92. The fraction of sp³-hybridized carbons (Fsp3) is 0.333. The highest BCUT2D eigenvalue weighted by Gasteiger charge is 2.23. The van der Waals surface area contributed by atoms with Crippen LogP contribution in [0.2, 0.25) is 0 Å². The number of fused-ring (bicyclic) bond motifs is 3. The number of rotatable bonds is 9. The van der Waals surface area contributed by atoms with Crippen molar-refractivity contribution >= 4 is 17.8 Å². The molecule has 1 amide bonds. The molecule has 0 radical (unpaired) electrons. The summed E-state index contributed by atoms with van der Waals surface area (Å²) in [6.45, 7) is 9.04. The normalized spacial score (nSPS) is 12.9. The highest BCUT2D eigenvalue weighted by Crippen LogP contribution is 2.37. The van der Waals surface area contributed by atoms with Crippen LogP contribution >= 0.6 is 0 Å². The van der Waals surface area contributed by atoms with Gasteiger partial charge in [-0.05, 0) is 62.9 Å². The van der Waals surface area contributed by atoms with Crippen LogP contribution in [0.5, 0.6) is 11.5 Å². The Morgan fingerprint density at radius 1 is 1.15 bits per heavy atom. The molecule has 0 fully saturated rings. The van der Waals surface area contributed by atoms with Crippen LogP contribution in [0.25, 0.3) is 11.3 Å². The lowest BCUT2D eigenvalue weighted by Crippen LogP contribution is -2.43. The van der Waals surface area contributed by atoms with E-state index in [-0.39, 0.29) is 30.3 Å². The van der Waals surface area contributed by atoms with Gasteiger partial charge in [0, 0.05) is 43.6 Å². The molecule has 4 rings (SSSR count). The minimum absolute atomic E-state index is 0.000934. The number of nitrogens with two attached hydrogens (primary N) is 1. The van der Waals surface area contributed by atoms with Gasteiger partial charge in [0.05, 0.1) is 30.8 Å². The number of aryl methyl sites for hydroxylation is 4. The summed E-state index contributed by atoms with van der Waals surface area (Å²) < 4.78 is 14.6. The second kappa shape index (κ2) is 12.1. The quantitative estimate of drug-likeness (QED) is 0.355. The summed E-state index contributed by atoms with van der Waals surface area (Å²) >= 11 is 0. The van der Waals surface area contributed by atoms with Gasteiger partial charge in [0.25, 0.3) is 0 Å². The van der Waals surface area contributed by atoms with Crippen molar-refractivity contribution in [3.63, 3.8) is 0 Å². The maximum absolute atomic E-state index is 13.9. The lowest BCUT2D eigenvalue weighted by Gasteiger charge is -2.25. The lowest BCUT2D eigenvalue weighted by atomic mass is 9.97. The van der Waals surface area contributed by atoms with Gasteiger partial charge >= 0.3 is 5.69 Å². The van der Waals surface area contributed by atoms with E-state index >= 15 is 0 Å². The molecule has 40 heavy (non-hydrogen) atoms. The molecule has 1 aromatic heterocycles. The van der Waals surface area contributed by atoms with Crippen molar-refractivity contribution in [1.82, 2.24) is 14.5 Å². The van der Waals surface area contributed by atoms with Crippen LogP contribution in [0.4, 0.5) is 5.69 Å². The minimum atomic E-state index is -0.359. The Morgan fingerprint density at radius 3 is 2.50 bits per heavy atom. The zero-order valence-corrected chi connectivity index (χ0v) is 23.6. The number of carbonyl (C=O) groups excluding carboxylic acids is 1. The average molecular weight is 545 g/mol. The fourth-order valence-electron chi connectivity index (χ4n) is 5.10. The molecule has 10 nitrogen and oxygen atoms in total. The first-order valence-corrected chi connectivity index (χ1v) is 13.2. The Kier molecular flexibility index (Phi) is 8.57. The summed E-state index contributed by atoms with van der Waals surface area (Å²) in [5.41, 5.74) is 12.4. The van der Waals surface area contributed by atoms with Gasteiger partial charge in [0.2, 0.25) is 5.91 Å². The van der Waals surface area contributed by atoms with Gasteiger partial charge in [0.1, 0.15) is 5.49 Å². The van der Waals surface area contributed by atoms with E-state index in [2.05, 4.69) is 17.4 Å². The molecule has 4 N–H and O–H groups in total. The predicted octanol–water partition coefficient (Wildman–Crippen LogP) is 3.39. The van der Waals surface area contributed by atoms with Gasteiger partial charge in [-0.1, -0.05) is 17.7 Å². The van der Waals surface area contributed by atoms with Gasteiger partial charge < -0.3 is 25.9 Å². The molecule has 2 aromatic carbocycles. The maximum Gasteiger partial charge on any atom is 0.330 e. The van der Waals surface area contributed by atoms with Crippen LogP contribution in [0, 0.1) is 26.2 Å².